The van der Waals surface area contributed by atoms with E-state index in [-0.39, 0.29) is 11.6 Å². The normalized spacial score (nSPS) is 10.8. The summed E-state index contributed by atoms with van der Waals surface area (Å²) in [7, 11) is 1.65. The van der Waals surface area contributed by atoms with Crippen molar-refractivity contribution in [3.05, 3.63) is 60.0 Å². The Bertz CT molecular complexity index is 910. The number of rotatable bonds is 9. The Balaban J connectivity index is 1.81. The molecule has 0 radical (unpaired) electrons. The van der Waals surface area contributed by atoms with E-state index in [1.165, 1.54) is 12.1 Å². The molecule has 1 heterocycles. The summed E-state index contributed by atoms with van der Waals surface area (Å²) in [5.41, 5.74) is 2.70. The van der Waals surface area contributed by atoms with Crippen molar-refractivity contribution in [1.29, 1.82) is 0 Å². The molecule has 0 aliphatic rings. The number of phenols is 1. The van der Waals surface area contributed by atoms with Crippen LogP contribution in [-0.4, -0.2) is 35.0 Å². The first-order valence-corrected chi connectivity index (χ1v) is 9.11. The Hall–Kier alpha value is -3.06. The van der Waals surface area contributed by atoms with Gasteiger partial charge < -0.3 is 24.5 Å². The van der Waals surface area contributed by atoms with E-state index in [4.69, 9.17) is 9.47 Å². The van der Waals surface area contributed by atoms with Crippen molar-refractivity contribution < 1.29 is 19.0 Å². The lowest BCUT2D eigenvalue weighted by Gasteiger charge is -2.14. The molecule has 7 heteroatoms. The van der Waals surface area contributed by atoms with E-state index in [0.29, 0.717) is 38.0 Å². The molecular formula is C21H24FN3O3. The van der Waals surface area contributed by atoms with Crippen LogP contribution < -0.4 is 10.1 Å². The molecule has 3 rings (SSSR count). The van der Waals surface area contributed by atoms with Crippen molar-refractivity contribution >= 4 is 5.95 Å². The number of ether oxygens (including phenoxy) is 2. The fraction of sp³-hybridized carbons (Fsp3) is 0.286. The maximum Gasteiger partial charge on any atom is 0.203 e. The molecule has 0 fully saturated rings. The van der Waals surface area contributed by atoms with Crippen molar-refractivity contribution in [3.8, 4) is 22.8 Å². The van der Waals surface area contributed by atoms with Gasteiger partial charge in [0.15, 0.2) is 11.5 Å². The molecule has 28 heavy (non-hydrogen) atoms. The molecule has 3 aromatic rings. The van der Waals surface area contributed by atoms with Crippen molar-refractivity contribution in [2.24, 2.45) is 0 Å². The topological polar surface area (TPSA) is 68.5 Å². The number of nitrogens with zero attached hydrogens (tertiary/aromatic N) is 2. The van der Waals surface area contributed by atoms with Crippen LogP contribution in [0.4, 0.5) is 10.3 Å². The molecule has 0 saturated carbocycles. The number of nitrogens with one attached hydrogen (secondary N) is 1. The summed E-state index contributed by atoms with van der Waals surface area (Å²) in [4.78, 5) is 4.48. The molecule has 0 bridgehead atoms. The van der Waals surface area contributed by atoms with Gasteiger partial charge in [0.25, 0.3) is 0 Å². The van der Waals surface area contributed by atoms with Gasteiger partial charge in [-0.3, -0.25) is 0 Å². The average Bonchev–Trinajstić information content (AvgIpc) is 3.10. The number of phenolic OH excluding ortho intramolecular Hbond substituents is 1. The second-order valence-electron chi connectivity index (χ2n) is 6.21. The molecule has 148 valence electrons. The fourth-order valence-corrected chi connectivity index (χ4v) is 2.90. The van der Waals surface area contributed by atoms with Crippen LogP contribution in [0, 0.1) is 5.82 Å². The van der Waals surface area contributed by atoms with Crippen LogP contribution in [-0.2, 0) is 17.8 Å². The highest BCUT2D eigenvalue weighted by Crippen LogP contribution is 2.28. The third-order valence-corrected chi connectivity index (χ3v) is 4.29. The average molecular weight is 385 g/mol. The Morgan fingerprint density at radius 1 is 1.18 bits per heavy atom. The van der Waals surface area contributed by atoms with Gasteiger partial charge in [-0.25, -0.2) is 9.37 Å². The molecule has 0 atom stereocenters. The lowest BCUT2D eigenvalue weighted by molar-refractivity contribution is 0.188. The number of benzene rings is 2. The minimum atomic E-state index is -0.275. The molecular weight excluding hydrogens is 361 g/mol. The number of aromatic nitrogens is 2. The number of halogens is 1. The molecule has 2 aromatic carbocycles. The summed E-state index contributed by atoms with van der Waals surface area (Å²) in [5, 5.41) is 13.2. The van der Waals surface area contributed by atoms with Crippen molar-refractivity contribution in [2.45, 2.75) is 20.0 Å². The number of aromatic hydroxyl groups is 1. The van der Waals surface area contributed by atoms with Crippen molar-refractivity contribution in [3.63, 3.8) is 0 Å². The zero-order valence-electron chi connectivity index (χ0n) is 16.0. The minimum Gasteiger partial charge on any atom is -0.504 e. The van der Waals surface area contributed by atoms with E-state index < -0.39 is 0 Å². The molecule has 1 aromatic heterocycles. The van der Waals surface area contributed by atoms with Crippen molar-refractivity contribution in [1.82, 2.24) is 9.55 Å². The van der Waals surface area contributed by atoms with Gasteiger partial charge in [0.2, 0.25) is 5.95 Å². The quantitative estimate of drug-likeness (QED) is 0.582. The van der Waals surface area contributed by atoms with Gasteiger partial charge >= 0.3 is 0 Å². The van der Waals surface area contributed by atoms with Gasteiger partial charge in [0.05, 0.1) is 25.1 Å². The second-order valence-corrected chi connectivity index (χ2v) is 6.21. The van der Waals surface area contributed by atoms with Gasteiger partial charge in [-0.05, 0) is 48.9 Å². The Labute approximate surface area is 163 Å². The highest BCUT2D eigenvalue weighted by atomic mass is 19.1. The Morgan fingerprint density at radius 3 is 2.68 bits per heavy atom. The highest BCUT2D eigenvalue weighted by molar-refractivity contribution is 5.61. The van der Waals surface area contributed by atoms with Crippen LogP contribution in [0.25, 0.3) is 11.3 Å². The molecule has 0 unspecified atom stereocenters. The number of anilines is 1. The lowest BCUT2D eigenvalue weighted by atomic mass is 10.1. The summed E-state index contributed by atoms with van der Waals surface area (Å²) in [6, 6.07) is 11.6. The molecule has 0 spiro atoms. The van der Waals surface area contributed by atoms with Gasteiger partial charge in [0.1, 0.15) is 5.82 Å². The Kier molecular flexibility index (Phi) is 6.49. The van der Waals surface area contributed by atoms with Crippen LogP contribution in [0.5, 0.6) is 11.5 Å². The number of hydrogen-bond donors (Lipinski definition) is 2. The molecule has 0 aliphatic heterocycles. The van der Waals surface area contributed by atoms with Crippen LogP contribution in [0.3, 0.4) is 0 Å². The first-order valence-electron chi connectivity index (χ1n) is 9.11. The van der Waals surface area contributed by atoms with Crippen LogP contribution in [0.1, 0.15) is 12.5 Å². The zero-order valence-corrected chi connectivity index (χ0v) is 16.0. The summed E-state index contributed by atoms with van der Waals surface area (Å²) >= 11 is 0. The monoisotopic (exact) mass is 385 g/mol. The number of hydrogen-bond acceptors (Lipinski definition) is 5. The fourth-order valence-electron chi connectivity index (χ4n) is 2.90. The second kappa shape index (κ2) is 9.23. The first kappa shape index (κ1) is 19.7. The van der Waals surface area contributed by atoms with Gasteiger partial charge in [-0.2, -0.15) is 0 Å². The molecule has 0 aliphatic carbocycles. The SMILES string of the molecule is CCOc1cc(CNc2ncc(-c3ccc(F)cc3)n2CCOC)ccc1O. The summed E-state index contributed by atoms with van der Waals surface area (Å²) in [6.45, 7) is 3.98. The van der Waals surface area contributed by atoms with E-state index in [2.05, 4.69) is 10.3 Å². The molecule has 2 N–H and O–H groups in total. The largest absolute Gasteiger partial charge is 0.504 e. The van der Waals surface area contributed by atoms with Crippen LogP contribution in [0.2, 0.25) is 0 Å². The maximum absolute atomic E-state index is 13.3. The predicted molar refractivity (Wildman–Crippen MR) is 106 cm³/mol. The summed E-state index contributed by atoms with van der Waals surface area (Å²) in [6.07, 6.45) is 1.76. The summed E-state index contributed by atoms with van der Waals surface area (Å²) in [5.74, 6) is 0.979. The zero-order chi connectivity index (χ0) is 19.9. The maximum atomic E-state index is 13.3. The van der Waals surface area contributed by atoms with E-state index in [1.807, 2.05) is 17.6 Å². The van der Waals surface area contributed by atoms with E-state index >= 15 is 0 Å². The molecule has 0 amide bonds. The summed E-state index contributed by atoms with van der Waals surface area (Å²) < 4.78 is 25.9. The highest BCUT2D eigenvalue weighted by Gasteiger charge is 2.12. The van der Waals surface area contributed by atoms with E-state index in [0.717, 1.165) is 16.8 Å². The number of methoxy groups -OCH3 is 1. The predicted octanol–water partition coefficient (Wildman–Crippen LogP) is 4.05. The standard InChI is InChI=1S/C21H24FN3O3/c1-3-28-20-12-15(4-9-19(20)26)13-23-21-24-14-18(25(21)10-11-27-2)16-5-7-17(22)8-6-16/h4-9,12,14,26H,3,10-11,13H2,1-2H3,(H,23,24). The van der Waals surface area contributed by atoms with Crippen LogP contribution >= 0.6 is 0 Å². The van der Waals surface area contributed by atoms with Gasteiger partial charge in [-0.15, -0.1) is 0 Å². The van der Waals surface area contributed by atoms with E-state index in [1.54, 1.807) is 37.6 Å². The van der Waals surface area contributed by atoms with Gasteiger partial charge in [-0.1, -0.05) is 6.07 Å². The smallest absolute Gasteiger partial charge is 0.203 e. The first-order chi connectivity index (χ1) is 13.6. The van der Waals surface area contributed by atoms with Gasteiger partial charge in [0, 0.05) is 25.8 Å². The van der Waals surface area contributed by atoms with E-state index in [9.17, 15) is 9.50 Å². The van der Waals surface area contributed by atoms with Crippen LogP contribution in [0.15, 0.2) is 48.7 Å². The van der Waals surface area contributed by atoms with Crippen molar-refractivity contribution in [2.75, 3.05) is 25.6 Å². The minimum absolute atomic E-state index is 0.116. The Morgan fingerprint density at radius 2 is 1.96 bits per heavy atom. The third-order valence-electron chi connectivity index (χ3n) is 4.29. The lowest BCUT2D eigenvalue weighted by Crippen LogP contribution is -2.11. The number of imidazole rings is 1. The molecule has 6 nitrogen and oxygen atoms in total. The third kappa shape index (κ3) is 4.61. The molecule has 0 saturated heterocycles.